The number of likely N-dealkylation sites (tertiary alicyclic amines) is 1. The van der Waals surface area contributed by atoms with Gasteiger partial charge in [-0.15, -0.1) is 16.7 Å². The van der Waals surface area contributed by atoms with Crippen LogP contribution in [-0.4, -0.2) is 38.4 Å². The van der Waals surface area contributed by atoms with Crippen molar-refractivity contribution in [3.8, 4) is 0 Å². The Morgan fingerprint density at radius 1 is 1.79 bits per heavy atom. The zero-order chi connectivity index (χ0) is 10.1. The Hall–Kier alpha value is -0.680. The van der Waals surface area contributed by atoms with Crippen LogP contribution in [0.1, 0.15) is 23.0 Å². The molecule has 1 aromatic rings. The van der Waals surface area contributed by atoms with Crippen molar-refractivity contribution in [2.75, 3.05) is 6.54 Å². The van der Waals surface area contributed by atoms with Gasteiger partial charge in [-0.25, -0.2) is 0 Å². The second-order valence-electron chi connectivity index (χ2n) is 3.42. The molecule has 2 heterocycles. The van der Waals surface area contributed by atoms with Crippen molar-refractivity contribution in [2.24, 2.45) is 0 Å². The molecule has 76 valence electrons. The average Bonchev–Trinajstić information content (AvgIpc) is 2.73. The van der Waals surface area contributed by atoms with E-state index in [1.807, 2.05) is 6.92 Å². The van der Waals surface area contributed by atoms with E-state index in [4.69, 9.17) is 11.6 Å². The molecule has 14 heavy (non-hydrogen) atoms. The van der Waals surface area contributed by atoms with Crippen molar-refractivity contribution < 1.29 is 4.79 Å². The monoisotopic (exact) mass is 231 g/mol. The van der Waals surface area contributed by atoms with E-state index in [1.165, 1.54) is 6.20 Å². The Morgan fingerprint density at radius 2 is 2.57 bits per heavy atom. The first-order valence-corrected chi connectivity index (χ1v) is 5.62. The van der Waals surface area contributed by atoms with Crippen molar-refractivity contribution in [2.45, 2.75) is 24.8 Å². The molecular formula is C8H10ClN3OS. The molecule has 0 spiro atoms. The highest BCUT2D eigenvalue weighted by Gasteiger charge is 2.32. The quantitative estimate of drug-likeness (QED) is 0.686. The number of halogens is 1. The Labute approximate surface area is 91.0 Å². The third-order valence-electron chi connectivity index (χ3n) is 2.36. The van der Waals surface area contributed by atoms with Crippen LogP contribution in [0.4, 0.5) is 0 Å². The van der Waals surface area contributed by atoms with Crippen LogP contribution in [0.2, 0.25) is 0 Å². The number of carbonyl (C=O) groups is 1. The van der Waals surface area contributed by atoms with Gasteiger partial charge in [0.05, 0.1) is 11.6 Å². The lowest BCUT2D eigenvalue weighted by atomic mass is 10.2. The van der Waals surface area contributed by atoms with Gasteiger partial charge in [-0.3, -0.25) is 4.79 Å². The van der Waals surface area contributed by atoms with Gasteiger partial charge in [0, 0.05) is 12.6 Å². The number of hydrogen-bond donors (Lipinski definition) is 0. The summed E-state index contributed by atoms with van der Waals surface area (Å²) in [6, 6.07) is 0.215. The van der Waals surface area contributed by atoms with Crippen molar-refractivity contribution in [3.63, 3.8) is 0 Å². The fourth-order valence-electron chi connectivity index (χ4n) is 1.65. The molecule has 0 N–H and O–H groups in total. The van der Waals surface area contributed by atoms with Gasteiger partial charge in [-0.2, -0.15) is 0 Å². The van der Waals surface area contributed by atoms with E-state index in [-0.39, 0.29) is 17.3 Å². The molecule has 4 nitrogen and oxygen atoms in total. The Bertz CT molecular complexity index is 329. The highest BCUT2D eigenvalue weighted by atomic mass is 35.5. The van der Waals surface area contributed by atoms with Crippen molar-refractivity contribution in [1.29, 1.82) is 0 Å². The molecule has 0 aromatic carbocycles. The van der Waals surface area contributed by atoms with E-state index >= 15 is 0 Å². The molecule has 1 aromatic heterocycles. The summed E-state index contributed by atoms with van der Waals surface area (Å²) in [5, 5.41) is 3.73. The van der Waals surface area contributed by atoms with Crippen LogP contribution in [-0.2, 0) is 0 Å². The Morgan fingerprint density at radius 3 is 3.07 bits per heavy atom. The average molecular weight is 232 g/mol. The summed E-state index contributed by atoms with van der Waals surface area (Å²) in [6.07, 6.45) is 2.36. The van der Waals surface area contributed by atoms with E-state index in [2.05, 4.69) is 9.59 Å². The zero-order valence-corrected chi connectivity index (χ0v) is 9.25. The third-order valence-corrected chi connectivity index (χ3v) is 3.33. The summed E-state index contributed by atoms with van der Waals surface area (Å²) in [4.78, 5) is 14.2. The molecule has 0 aliphatic carbocycles. The lowest BCUT2D eigenvalue weighted by Gasteiger charge is -2.19. The number of carbonyl (C=O) groups excluding carboxylic acids is 1. The fourth-order valence-corrected chi connectivity index (χ4v) is 2.53. The Balaban J connectivity index is 2.13. The first kappa shape index (κ1) is 9.86. The lowest BCUT2D eigenvalue weighted by Crippen LogP contribution is -2.33. The van der Waals surface area contributed by atoms with Crippen LogP contribution in [0, 0.1) is 0 Å². The minimum Gasteiger partial charge on any atom is -0.334 e. The van der Waals surface area contributed by atoms with E-state index < -0.39 is 0 Å². The molecule has 1 fully saturated rings. The molecule has 1 saturated heterocycles. The van der Waals surface area contributed by atoms with Crippen molar-refractivity contribution in [3.05, 3.63) is 11.1 Å². The summed E-state index contributed by atoms with van der Waals surface area (Å²) in [5.41, 5.74) is 0. The molecule has 2 unspecified atom stereocenters. The zero-order valence-electron chi connectivity index (χ0n) is 7.68. The summed E-state index contributed by atoms with van der Waals surface area (Å²) < 4.78 is 3.67. The van der Waals surface area contributed by atoms with Crippen LogP contribution in [0.3, 0.4) is 0 Å². The molecule has 6 heteroatoms. The number of nitrogens with zero attached hydrogens (tertiary/aromatic N) is 3. The number of aromatic nitrogens is 2. The van der Waals surface area contributed by atoms with Crippen LogP contribution < -0.4 is 0 Å². The standard InChI is InChI=1S/C8H10ClN3OS/c1-5-2-6(9)4-12(5)8(13)7-3-10-11-14-7/h3,5-6H,2,4H2,1H3. The SMILES string of the molecule is CC1CC(Cl)CN1C(=O)c1cnns1. The van der Waals surface area contributed by atoms with E-state index in [0.29, 0.717) is 11.4 Å². The molecule has 1 aliphatic heterocycles. The maximum Gasteiger partial charge on any atom is 0.267 e. The van der Waals surface area contributed by atoms with Gasteiger partial charge in [0.25, 0.3) is 5.91 Å². The summed E-state index contributed by atoms with van der Waals surface area (Å²) in [7, 11) is 0. The van der Waals surface area contributed by atoms with E-state index in [1.54, 1.807) is 4.90 Å². The topological polar surface area (TPSA) is 46.1 Å². The molecule has 2 atom stereocenters. The highest BCUT2D eigenvalue weighted by molar-refractivity contribution is 7.07. The van der Waals surface area contributed by atoms with Gasteiger partial charge in [0.2, 0.25) is 0 Å². The van der Waals surface area contributed by atoms with Crippen molar-refractivity contribution >= 4 is 29.0 Å². The van der Waals surface area contributed by atoms with Gasteiger partial charge >= 0.3 is 0 Å². The maximum atomic E-state index is 11.9. The second kappa shape index (κ2) is 3.82. The van der Waals surface area contributed by atoms with E-state index in [9.17, 15) is 4.79 Å². The lowest BCUT2D eigenvalue weighted by molar-refractivity contribution is 0.0752. The molecule has 0 saturated carbocycles. The molecule has 1 aliphatic rings. The summed E-state index contributed by atoms with van der Waals surface area (Å²) in [5.74, 6) is -0.00403. The highest BCUT2D eigenvalue weighted by Crippen LogP contribution is 2.24. The minimum absolute atomic E-state index is 0.00403. The minimum atomic E-state index is -0.00403. The van der Waals surface area contributed by atoms with Crippen molar-refractivity contribution in [1.82, 2.24) is 14.5 Å². The predicted molar refractivity (Wildman–Crippen MR) is 54.7 cm³/mol. The normalized spacial score (nSPS) is 26.9. The maximum absolute atomic E-state index is 11.9. The van der Waals surface area contributed by atoms with Gasteiger partial charge in [-0.05, 0) is 24.9 Å². The van der Waals surface area contributed by atoms with Crippen LogP contribution in [0.5, 0.6) is 0 Å². The second-order valence-corrected chi connectivity index (χ2v) is 4.82. The number of hydrogen-bond acceptors (Lipinski definition) is 4. The Kier molecular flexibility index (Phi) is 2.69. The van der Waals surface area contributed by atoms with Gasteiger partial charge in [0.15, 0.2) is 0 Å². The molecule has 1 amide bonds. The number of amides is 1. The predicted octanol–water partition coefficient (Wildman–Crippen LogP) is 1.38. The summed E-state index contributed by atoms with van der Waals surface area (Å²) in [6.45, 7) is 2.63. The first-order chi connectivity index (χ1) is 6.68. The molecule has 0 radical (unpaired) electrons. The molecular weight excluding hydrogens is 222 g/mol. The van der Waals surface area contributed by atoms with Gasteiger partial charge in [-0.1, -0.05) is 4.49 Å². The first-order valence-electron chi connectivity index (χ1n) is 4.41. The third kappa shape index (κ3) is 1.74. The fraction of sp³-hybridized carbons (Fsp3) is 0.625. The molecule has 2 rings (SSSR count). The smallest absolute Gasteiger partial charge is 0.267 e. The number of rotatable bonds is 1. The van der Waals surface area contributed by atoms with Crippen LogP contribution in [0.25, 0.3) is 0 Å². The van der Waals surface area contributed by atoms with E-state index in [0.717, 1.165) is 18.0 Å². The van der Waals surface area contributed by atoms with Crippen LogP contribution in [0.15, 0.2) is 6.20 Å². The van der Waals surface area contributed by atoms with Crippen LogP contribution >= 0.6 is 23.1 Å². The summed E-state index contributed by atoms with van der Waals surface area (Å²) >= 11 is 7.11. The number of alkyl halides is 1. The van der Waals surface area contributed by atoms with Gasteiger partial charge < -0.3 is 4.90 Å². The van der Waals surface area contributed by atoms with Gasteiger partial charge in [0.1, 0.15) is 4.88 Å². The molecule has 0 bridgehead atoms. The largest absolute Gasteiger partial charge is 0.334 e.